The molecule has 0 aliphatic carbocycles. The maximum atomic E-state index is 15.5. The van der Waals surface area contributed by atoms with Crippen LogP contribution in [-0.2, 0) is 0 Å². The maximum Gasteiger partial charge on any atom is 0.316 e. The Balaban J connectivity index is 2.18. The van der Waals surface area contributed by atoms with E-state index in [4.69, 9.17) is 11.2 Å². The fourth-order valence-corrected chi connectivity index (χ4v) is 3.26. The summed E-state index contributed by atoms with van der Waals surface area (Å²) < 4.78 is 34.9. The Hall–Kier alpha value is -3.99. The van der Waals surface area contributed by atoms with Gasteiger partial charge in [-0.3, -0.25) is 0 Å². The molecule has 2 heterocycles. The molecular formula is C21H14F2N4O2. The number of benzene rings is 2. The summed E-state index contributed by atoms with van der Waals surface area (Å²) in [6.07, 6.45) is 6.90. The zero-order valence-electron chi connectivity index (χ0n) is 15.4. The number of anilines is 1. The van der Waals surface area contributed by atoms with Crippen molar-refractivity contribution in [3.8, 4) is 35.4 Å². The van der Waals surface area contributed by atoms with Crippen LogP contribution in [0.1, 0.15) is 5.56 Å². The number of phenols is 1. The number of hydrogen-bond acceptors (Lipinski definition) is 6. The Morgan fingerprint density at radius 1 is 1.21 bits per heavy atom. The number of aromatic nitrogens is 3. The van der Waals surface area contributed by atoms with Crippen molar-refractivity contribution >= 4 is 27.5 Å². The molecule has 0 spiro atoms. The number of nitrogens with zero attached hydrogens (tertiary/aromatic N) is 3. The second kappa shape index (κ2) is 6.87. The molecule has 0 saturated heterocycles. The Bertz CT molecular complexity index is 1330. The zero-order valence-corrected chi connectivity index (χ0v) is 15.4. The second-order valence-electron chi connectivity index (χ2n) is 6.15. The third-order valence-corrected chi connectivity index (χ3v) is 4.53. The van der Waals surface area contributed by atoms with Crippen LogP contribution < -0.4 is 10.1 Å². The fourth-order valence-electron chi connectivity index (χ4n) is 3.26. The Morgan fingerprint density at radius 3 is 2.69 bits per heavy atom. The SMILES string of the molecule is C#Cc1c(F)ccc2cc(O)cc(-c3nc(NC)c4cnc(OC)nc4c3F)c12. The minimum absolute atomic E-state index is 0.0215. The highest BCUT2D eigenvalue weighted by molar-refractivity contribution is 6.03. The van der Waals surface area contributed by atoms with Gasteiger partial charge in [-0.2, -0.15) is 4.98 Å². The van der Waals surface area contributed by atoms with Crippen molar-refractivity contribution in [1.82, 2.24) is 15.0 Å². The molecule has 4 rings (SSSR count). The number of halogens is 2. The number of hydrogen-bond donors (Lipinski definition) is 2. The van der Waals surface area contributed by atoms with Crippen molar-refractivity contribution < 1.29 is 18.6 Å². The molecular weight excluding hydrogens is 378 g/mol. The molecule has 0 bridgehead atoms. The molecule has 0 amide bonds. The number of pyridine rings is 1. The average molecular weight is 392 g/mol. The molecule has 0 fully saturated rings. The van der Waals surface area contributed by atoms with Gasteiger partial charge in [0.15, 0.2) is 5.82 Å². The third kappa shape index (κ3) is 2.84. The third-order valence-electron chi connectivity index (χ3n) is 4.53. The Labute approximate surface area is 164 Å². The highest BCUT2D eigenvalue weighted by atomic mass is 19.1. The van der Waals surface area contributed by atoms with Crippen molar-refractivity contribution in [2.75, 3.05) is 19.5 Å². The van der Waals surface area contributed by atoms with E-state index in [2.05, 4.69) is 26.2 Å². The van der Waals surface area contributed by atoms with Crippen molar-refractivity contribution in [1.29, 1.82) is 0 Å². The van der Waals surface area contributed by atoms with Crippen LogP contribution in [0.25, 0.3) is 32.9 Å². The first-order valence-electron chi connectivity index (χ1n) is 8.48. The van der Waals surface area contributed by atoms with E-state index in [1.165, 1.54) is 37.6 Å². The van der Waals surface area contributed by atoms with Crippen LogP contribution in [0, 0.1) is 24.0 Å². The zero-order chi connectivity index (χ0) is 20.7. The van der Waals surface area contributed by atoms with Gasteiger partial charge in [0.25, 0.3) is 0 Å². The Morgan fingerprint density at radius 2 is 2.00 bits per heavy atom. The van der Waals surface area contributed by atoms with Gasteiger partial charge in [0, 0.05) is 24.2 Å². The van der Waals surface area contributed by atoms with Crippen LogP contribution in [0.4, 0.5) is 14.6 Å². The summed E-state index contributed by atoms with van der Waals surface area (Å²) in [4.78, 5) is 12.4. The van der Waals surface area contributed by atoms with Gasteiger partial charge in [-0.05, 0) is 23.6 Å². The van der Waals surface area contributed by atoms with E-state index >= 15 is 4.39 Å². The molecule has 0 aliphatic heterocycles. The highest BCUT2D eigenvalue weighted by Crippen LogP contribution is 2.38. The van der Waals surface area contributed by atoms with Gasteiger partial charge in [0.2, 0.25) is 0 Å². The molecule has 29 heavy (non-hydrogen) atoms. The first-order valence-corrected chi connectivity index (χ1v) is 8.48. The van der Waals surface area contributed by atoms with Gasteiger partial charge in [-0.25, -0.2) is 18.7 Å². The number of nitrogens with one attached hydrogen (secondary N) is 1. The molecule has 4 aromatic rings. The number of methoxy groups -OCH3 is 1. The predicted molar refractivity (Wildman–Crippen MR) is 106 cm³/mol. The van der Waals surface area contributed by atoms with Crippen molar-refractivity contribution in [2.45, 2.75) is 0 Å². The first kappa shape index (κ1) is 18.4. The summed E-state index contributed by atoms with van der Waals surface area (Å²) in [7, 11) is 2.98. The van der Waals surface area contributed by atoms with Crippen molar-refractivity contribution in [3.63, 3.8) is 0 Å². The van der Waals surface area contributed by atoms with Gasteiger partial charge in [0.05, 0.1) is 18.1 Å². The minimum atomic E-state index is -0.779. The van der Waals surface area contributed by atoms with E-state index in [9.17, 15) is 9.50 Å². The fraction of sp³-hybridized carbons (Fsp3) is 0.0952. The summed E-state index contributed by atoms with van der Waals surface area (Å²) in [6, 6.07) is 5.34. The molecule has 2 aromatic carbocycles. The number of terminal acetylenes is 1. The number of fused-ring (bicyclic) bond motifs is 2. The summed E-state index contributed by atoms with van der Waals surface area (Å²) in [5.41, 5.74) is -0.0991. The van der Waals surface area contributed by atoms with E-state index in [1.54, 1.807) is 7.05 Å². The standard InChI is InChI=1S/C21H14F2N4O2/c1-4-12-15(22)6-5-10-7-11(28)8-13(16(10)12)18-17(23)19-14(20(24-2)26-18)9-25-21(27-19)29-3/h1,5-9,28H,2-3H3,(H,24,26). The van der Waals surface area contributed by atoms with Gasteiger partial charge in [0.1, 0.15) is 28.6 Å². The second-order valence-corrected chi connectivity index (χ2v) is 6.15. The molecule has 0 radical (unpaired) electrons. The van der Waals surface area contributed by atoms with Gasteiger partial charge < -0.3 is 15.2 Å². The predicted octanol–water partition coefficient (Wildman–Crippen LogP) is 3.86. The Kier molecular flexibility index (Phi) is 4.35. The monoisotopic (exact) mass is 392 g/mol. The van der Waals surface area contributed by atoms with Crippen LogP contribution in [0.2, 0.25) is 0 Å². The molecule has 0 atom stereocenters. The quantitative estimate of drug-likeness (QED) is 0.516. The number of ether oxygens (including phenoxy) is 1. The lowest BCUT2D eigenvalue weighted by molar-refractivity contribution is 0.381. The summed E-state index contributed by atoms with van der Waals surface area (Å²) >= 11 is 0. The summed E-state index contributed by atoms with van der Waals surface area (Å²) in [6.45, 7) is 0. The lowest BCUT2D eigenvalue weighted by Crippen LogP contribution is -2.03. The van der Waals surface area contributed by atoms with Crippen molar-refractivity contribution in [3.05, 3.63) is 47.7 Å². The maximum absolute atomic E-state index is 15.5. The van der Waals surface area contributed by atoms with E-state index < -0.39 is 11.6 Å². The van der Waals surface area contributed by atoms with Gasteiger partial charge >= 0.3 is 6.01 Å². The van der Waals surface area contributed by atoms with Crippen LogP contribution >= 0.6 is 0 Å². The normalized spacial score (nSPS) is 10.9. The van der Waals surface area contributed by atoms with Crippen LogP contribution in [0.3, 0.4) is 0 Å². The van der Waals surface area contributed by atoms with E-state index in [1.807, 2.05) is 0 Å². The van der Waals surface area contributed by atoms with Crippen LogP contribution in [0.5, 0.6) is 11.8 Å². The lowest BCUT2D eigenvalue weighted by Gasteiger charge is -2.14. The molecule has 6 nitrogen and oxygen atoms in total. The summed E-state index contributed by atoms with van der Waals surface area (Å²) in [5, 5.41) is 14.1. The molecule has 0 aliphatic rings. The number of aromatic hydroxyl groups is 1. The van der Waals surface area contributed by atoms with Crippen LogP contribution in [0.15, 0.2) is 30.5 Å². The summed E-state index contributed by atoms with van der Waals surface area (Å²) in [5.74, 6) is 1.05. The van der Waals surface area contributed by atoms with Crippen molar-refractivity contribution in [2.24, 2.45) is 0 Å². The number of phenolic OH excluding ortho intramolecular Hbond substituents is 1. The smallest absolute Gasteiger partial charge is 0.316 e. The number of rotatable bonds is 3. The first-order chi connectivity index (χ1) is 14.0. The molecule has 2 N–H and O–H groups in total. The van der Waals surface area contributed by atoms with Crippen LogP contribution in [-0.4, -0.2) is 34.2 Å². The molecule has 0 saturated carbocycles. The highest BCUT2D eigenvalue weighted by Gasteiger charge is 2.22. The molecule has 0 unspecified atom stereocenters. The topological polar surface area (TPSA) is 80.2 Å². The molecule has 144 valence electrons. The average Bonchev–Trinajstić information content (AvgIpc) is 2.73. The minimum Gasteiger partial charge on any atom is -0.508 e. The molecule has 2 aromatic heterocycles. The van der Waals surface area contributed by atoms with E-state index in [0.29, 0.717) is 16.6 Å². The largest absolute Gasteiger partial charge is 0.508 e. The van der Waals surface area contributed by atoms with E-state index in [0.717, 1.165) is 0 Å². The van der Waals surface area contributed by atoms with Gasteiger partial charge in [-0.15, -0.1) is 6.42 Å². The van der Waals surface area contributed by atoms with Gasteiger partial charge in [-0.1, -0.05) is 12.0 Å². The lowest BCUT2D eigenvalue weighted by atomic mass is 9.95. The van der Waals surface area contributed by atoms with E-state index in [-0.39, 0.29) is 39.5 Å². The molecule has 8 heteroatoms.